The standard InChI is InChI=1S/C18H16F3NO2S/c19-18(20,21)25-13-8-6-12(7-9-13)22-17(24)15-10-5-11-3-1-2-4-14(11)16(15)23/h5-10,23H,1-4H2,(H,22,24). The number of rotatable bonds is 3. The maximum Gasteiger partial charge on any atom is 0.446 e. The number of carbonyl (C=O) groups is 1. The van der Waals surface area contributed by atoms with Gasteiger partial charge in [0.25, 0.3) is 5.91 Å². The largest absolute Gasteiger partial charge is 0.507 e. The Morgan fingerprint density at radius 3 is 2.40 bits per heavy atom. The molecule has 0 aromatic heterocycles. The minimum atomic E-state index is -4.35. The van der Waals surface area contributed by atoms with Crippen LogP contribution in [0.5, 0.6) is 5.75 Å². The van der Waals surface area contributed by atoms with E-state index in [0.29, 0.717) is 5.69 Å². The van der Waals surface area contributed by atoms with Gasteiger partial charge < -0.3 is 10.4 Å². The Hall–Kier alpha value is -2.15. The number of phenols is 1. The first-order valence-corrected chi connectivity index (χ1v) is 8.66. The molecule has 2 N–H and O–H groups in total. The lowest BCUT2D eigenvalue weighted by atomic mass is 9.89. The third-order valence-electron chi connectivity index (χ3n) is 4.09. The van der Waals surface area contributed by atoms with Crippen LogP contribution in [0.2, 0.25) is 0 Å². The van der Waals surface area contributed by atoms with E-state index < -0.39 is 11.4 Å². The molecule has 1 aliphatic carbocycles. The summed E-state index contributed by atoms with van der Waals surface area (Å²) in [6, 6.07) is 8.83. The molecule has 25 heavy (non-hydrogen) atoms. The van der Waals surface area contributed by atoms with Crippen molar-refractivity contribution in [1.29, 1.82) is 0 Å². The van der Waals surface area contributed by atoms with E-state index in [2.05, 4.69) is 5.32 Å². The predicted molar refractivity (Wildman–Crippen MR) is 91.1 cm³/mol. The maximum absolute atomic E-state index is 12.4. The Kier molecular flexibility index (Phi) is 4.94. The van der Waals surface area contributed by atoms with Crippen LogP contribution in [0.1, 0.15) is 34.3 Å². The number of anilines is 1. The maximum atomic E-state index is 12.4. The molecular weight excluding hydrogens is 351 g/mol. The van der Waals surface area contributed by atoms with Crippen LogP contribution in [-0.4, -0.2) is 16.5 Å². The van der Waals surface area contributed by atoms with E-state index in [0.717, 1.165) is 36.8 Å². The highest BCUT2D eigenvalue weighted by Crippen LogP contribution is 2.37. The number of aryl methyl sites for hydroxylation is 1. The lowest BCUT2D eigenvalue weighted by Gasteiger charge is -2.18. The zero-order chi connectivity index (χ0) is 18.0. The Bertz CT molecular complexity index is 788. The van der Waals surface area contributed by atoms with E-state index in [-0.39, 0.29) is 28.0 Å². The minimum Gasteiger partial charge on any atom is -0.507 e. The molecule has 0 saturated carbocycles. The van der Waals surface area contributed by atoms with E-state index in [9.17, 15) is 23.1 Å². The number of hydrogen-bond donors (Lipinski definition) is 2. The van der Waals surface area contributed by atoms with Crippen LogP contribution in [0.15, 0.2) is 41.3 Å². The van der Waals surface area contributed by atoms with Crippen molar-refractivity contribution in [3.63, 3.8) is 0 Å². The van der Waals surface area contributed by atoms with E-state index in [1.807, 2.05) is 6.07 Å². The molecule has 0 fully saturated rings. The third kappa shape index (κ3) is 4.28. The number of thioether (sulfide) groups is 1. The Balaban J connectivity index is 1.74. The van der Waals surface area contributed by atoms with Crippen molar-refractivity contribution in [2.24, 2.45) is 0 Å². The number of carbonyl (C=O) groups excluding carboxylic acids is 1. The van der Waals surface area contributed by atoms with E-state index in [1.54, 1.807) is 6.07 Å². The highest BCUT2D eigenvalue weighted by molar-refractivity contribution is 8.00. The molecule has 0 unspecified atom stereocenters. The summed E-state index contributed by atoms with van der Waals surface area (Å²) in [5.41, 5.74) is -1.92. The Morgan fingerprint density at radius 2 is 1.72 bits per heavy atom. The number of halogens is 3. The van der Waals surface area contributed by atoms with E-state index in [1.165, 1.54) is 24.3 Å². The molecule has 0 heterocycles. The fourth-order valence-electron chi connectivity index (χ4n) is 2.93. The van der Waals surface area contributed by atoms with E-state index in [4.69, 9.17) is 0 Å². The smallest absolute Gasteiger partial charge is 0.446 e. The predicted octanol–water partition coefficient (Wildman–Crippen LogP) is 5.14. The minimum absolute atomic E-state index is 0.000975. The summed E-state index contributed by atoms with van der Waals surface area (Å²) >= 11 is -0.210. The molecule has 1 amide bonds. The Labute approximate surface area is 147 Å². The van der Waals surface area contributed by atoms with Crippen LogP contribution in [0.25, 0.3) is 0 Å². The zero-order valence-electron chi connectivity index (χ0n) is 13.2. The molecule has 0 saturated heterocycles. The summed E-state index contributed by atoms with van der Waals surface area (Å²) in [6.45, 7) is 0. The van der Waals surface area contributed by atoms with Gasteiger partial charge in [-0.2, -0.15) is 13.2 Å². The van der Waals surface area contributed by atoms with Crippen molar-refractivity contribution >= 4 is 23.4 Å². The normalized spacial score (nSPS) is 14.0. The summed E-state index contributed by atoms with van der Waals surface area (Å²) < 4.78 is 37.0. The average Bonchev–Trinajstić information content (AvgIpc) is 2.56. The first-order valence-electron chi connectivity index (χ1n) is 7.84. The number of alkyl halides is 3. The second kappa shape index (κ2) is 7.00. The number of hydrogen-bond acceptors (Lipinski definition) is 3. The fraction of sp³-hybridized carbons (Fsp3) is 0.278. The molecule has 3 nitrogen and oxygen atoms in total. The van der Waals surface area contributed by atoms with Gasteiger partial charge in [-0.15, -0.1) is 0 Å². The quantitative estimate of drug-likeness (QED) is 0.739. The fourth-order valence-corrected chi connectivity index (χ4v) is 3.47. The molecule has 0 radical (unpaired) electrons. The van der Waals surface area contributed by atoms with Gasteiger partial charge in [0.2, 0.25) is 0 Å². The van der Waals surface area contributed by atoms with Crippen LogP contribution in [0.4, 0.5) is 18.9 Å². The van der Waals surface area contributed by atoms with Gasteiger partial charge in [-0.1, -0.05) is 6.07 Å². The van der Waals surface area contributed by atoms with Gasteiger partial charge in [-0.25, -0.2) is 0 Å². The Morgan fingerprint density at radius 1 is 1.04 bits per heavy atom. The van der Waals surface area contributed by atoms with Gasteiger partial charge >= 0.3 is 5.51 Å². The average molecular weight is 367 g/mol. The second-order valence-corrected chi connectivity index (χ2v) is 6.97. The van der Waals surface area contributed by atoms with Gasteiger partial charge in [-0.3, -0.25) is 4.79 Å². The molecule has 2 aromatic rings. The van der Waals surface area contributed by atoms with Crippen LogP contribution in [-0.2, 0) is 12.8 Å². The van der Waals surface area contributed by atoms with Gasteiger partial charge in [0.05, 0.1) is 5.56 Å². The molecule has 132 valence electrons. The first-order chi connectivity index (χ1) is 11.8. The second-order valence-electron chi connectivity index (χ2n) is 5.83. The number of nitrogens with one attached hydrogen (secondary N) is 1. The molecule has 3 rings (SSSR count). The molecule has 0 bridgehead atoms. The third-order valence-corrected chi connectivity index (χ3v) is 4.83. The monoisotopic (exact) mass is 367 g/mol. The van der Waals surface area contributed by atoms with Crippen LogP contribution in [0, 0.1) is 0 Å². The number of phenolic OH excluding ortho intramolecular Hbond substituents is 1. The van der Waals surface area contributed by atoms with Crippen LogP contribution < -0.4 is 5.32 Å². The van der Waals surface area contributed by atoms with E-state index >= 15 is 0 Å². The topological polar surface area (TPSA) is 49.3 Å². The van der Waals surface area contributed by atoms with Crippen molar-refractivity contribution in [3.05, 3.63) is 53.1 Å². The lowest BCUT2D eigenvalue weighted by molar-refractivity contribution is -0.0328. The van der Waals surface area contributed by atoms with Crippen molar-refractivity contribution in [2.75, 3.05) is 5.32 Å². The van der Waals surface area contributed by atoms with Gasteiger partial charge in [-0.05, 0) is 78.9 Å². The van der Waals surface area contributed by atoms with Gasteiger partial charge in [0, 0.05) is 10.6 Å². The summed E-state index contributed by atoms with van der Waals surface area (Å²) in [7, 11) is 0. The number of benzene rings is 2. The summed E-state index contributed by atoms with van der Waals surface area (Å²) in [5, 5.41) is 13.0. The molecule has 0 aliphatic heterocycles. The highest BCUT2D eigenvalue weighted by atomic mass is 32.2. The molecule has 1 aliphatic rings. The van der Waals surface area contributed by atoms with Gasteiger partial charge in [0.1, 0.15) is 5.75 Å². The zero-order valence-corrected chi connectivity index (χ0v) is 14.0. The highest BCUT2D eigenvalue weighted by Gasteiger charge is 2.29. The first kappa shape index (κ1) is 17.7. The van der Waals surface area contributed by atoms with Crippen molar-refractivity contribution in [1.82, 2.24) is 0 Å². The van der Waals surface area contributed by atoms with Crippen molar-refractivity contribution in [2.45, 2.75) is 36.1 Å². The number of aromatic hydroxyl groups is 1. The lowest BCUT2D eigenvalue weighted by Crippen LogP contribution is -2.14. The van der Waals surface area contributed by atoms with Crippen molar-refractivity contribution < 1.29 is 23.1 Å². The molecule has 7 heteroatoms. The number of fused-ring (bicyclic) bond motifs is 1. The molecule has 0 spiro atoms. The van der Waals surface area contributed by atoms with Crippen molar-refractivity contribution in [3.8, 4) is 5.75 Å². The summed E-state index contributed by atoms with van der Waals surface area (Å²) in [4.78, 5) is 12.4. The molecule has 2 aromatic carbocycles. The molecule has 0 atom stereocenters. The van der Waals surface area contributed by atoms with Crippen LogP contribution >= 0.6 is 11.8 Å². The summed E-state index contributed by atoms with van der Waals surface area (Å²) in [6.07, 6.45) is 3.68. The summed E-state index contributed by atoms with van der Waals surface area (Å²) in [5.74, 6) is -0.485. The van der Waals surface area contributed by atoms with Gasteiger partial charge in [0.15, 0.2) is 0 Å². The number of amides is 1. The SMILES string of the molecule is O=C(Nc1ccc(SC(F)(F)F)cc1)c1ccc2c(c1O)CCCC2. The molecular formula is C18H16F3NO2S. The van der Waals surface area contributed by atoms with Crippen LogP contribution in [0.3, 0.4) is 0 Å².